The van der Waals surface area contributed by atoms with Gasteiger partial charge >= 0.3 is 0 Å². The average Bonchev–Trinajstić information content (AvgIpc) is 2.73. The van der Waals surface area contributed by atoms with Crippen molar-refractivity contribution >= 4 is 16.8 Å². The van der Waals surface area contributed by atoms with E-state index < -0.39 is 0 Å². The van der Waals surface area contributed by atoms with Crippen molar-refractivity contribution in [1.29, 1.82) is 0 Å². The van der Waals surface area contributed by atoms with E-state index in [0.29, 0.717) is 11.5 Å². The van der Waals surface area contributed by atoms with Gasteiger partial charge in [-0.1, -0.05) is 18.2 Å². The molecule has 4 rings (SSSR count). The van der Waals surface area contributed by atoms with Gasteiger partial charge < -0.3 is 10.6 Å². The standard InChI is InChI=1S/C22H24N4O/c1-15(23)16-8-11-26(12-9-16)22(27)19-13-21(17-5-4-10-24-14-17)25-20-7-3-2-6-18(19)20/h2-7,10,13-16H,8-9,11-12,23H2,1H3. The van der Waals surface area contributed by atoms with Crippen LogP contribution in [-0.2, 0) is 0 Å². The predicted molar refractivity (Wildman–Crippen MR) is 107 cm³/mol. The van der Waals surface area contributed by atoms with Gasteiger partial charge in [0.2, 0.25) is 0 Å². The summed E-state index contributed by atoms with van der Waals surface area (Å²) in [7, 11) is 0. The zero-order valence-corrected chi connectivity index (χ0v) is 15.5. The molecule has 27 heavy (non-hydrogen) atoms. The number of nitrogens with zero attached hydrogens (tertiary/aromatic N) is 3. The second-order valence-corrected chi connectivity index (χ2v) is 7.30. The number of fused-ring (bicyclic) bond motifs is 1. The van der Waals surface area contributed by atoms with Gasteiger partial charge in [-0.3, -0.25) is 9.78 Å². The highest BCUT2D eigenvalue weighted by Crippen LogP contribution is 2.27. The third kappa shape index (κ3) is 3.55. The molecule has 1 unspecified atom stereocenters. The van der Waals surface area contributed by atoms with Crippen molar-refractivity contribution in [2.24, 2.45) is 11.7 Å². The van der Waals surface area contributed by atoms with E-state index in [-0.39, 0.29) is 11.9 Å². The number of likely N-dealkylation sites (tertiary alicyclic amines) is 1. The van der Waals surface area contributed by atoms with Gasteiger partial charge in [-0.2, -0.15) is 0 Å². The number of piperidine rings is 1. The lowest BCUT2D eigenvalue weighted by Crippen LogP contribution is -2.42. The van der Waals surface area contributed by atoms with Gasteiger partial charge in [-0.05, 0) is 49.9 Å². The summed E-state index contributed by atoms with van der Waals surface area (Å²) < 4.78 is 0. The fourth-order valence-corrected chi connectivity index (χ4v) is 3.81. The highest BCUT2D eigenvalue weighted by atomic mass is 16.2. The van der Waals surface area contributed by atoms with Crippen LogP contribution in [0.4, 0.5) is 0 Å². The molecule has 0 radical (unpaired) electrons. The molecule has 0 spiro atoms. The van der Waals surface area contributed by atoms with E-state index in [9.17, 15) is 4.79 Å². The summed E-state index contributed by atoms with van der Waals surface area (Å²) in [5.41, 5.74) is 9.26. The second-order valence-electron chi connectivity index (χ2n) is 7.30. The third-order valence-electron chi connectivity index (χ3n) is 5.47. The Balaban J connectivity index is 1.71. The zero-order chi connectivity index (χ0) is 18.8. The van der Waals surface area contributed by atoms with E-state index in [1.807, 2.05) is 47.4 Å². The lowest BCUT2D eigenvalue weighted by molar-refractivity contribution is 0.0683. The summed E-state index contributed by atoms with van der Waals surface area (Å²) in [5, 5.41) is 0.893. The minimum Gasteiger partial charge on any atom is -0.339 e. The van der Waals surface area contributed by atoms with Gasteiger partial charge in [0, 0.05) is 42.5 Å². The molecular formula is C22H24N4O. The Morgan fingerprint density at radius 3 is 2.67 bits per heavy atom. The molecule has 0 aliphatic carbocycles. The number of amides is 1. The maximum absolute atomic E-state index is 13.3. The molecule has 3 aromatic rings. The molecule has 0 bridgehead atoms. The summed E-state index contributed by atoms with van der Waals surface area (Å²) in [4.78, 5) is 24.2. The average molecular weight is 360 g/mol. The molecule has 1 aliphatic rings. The lowest BCUT2D eigenvalue weighted by atomic mass is 9.90. The summed E-state index contributed by atoms with van der Waals surface area (Å²) in [6.45, 7) is 3.56. The highest BCUT2D eigenvalue weighted by Gasteiger charge is 2.26. The van der Waals surface area contributed by atoms with E-state index in [2.05, 4.69) is 11.9 Å². The first-order valence-electron chi connectivity index (χ1n) is 9.48. The highest BCUT2D eigenvalue weighted by molar-refractivity contribution is 6.07. The van der Waals surface area contributed by atoms with E-state index >= 15 is 0 Å². The molecule has 138 valence electrons. The van der Waals surface area contributed by atoms with E-state index in [4.69, 9.17) is 10.7 Å². The lowest BCUT2D eigenvalue weighted by Gasteiger charge is -2.34. The predicted octanol–water partition coefficient (Wildman–Crippen LogP) is 3.50. The van der Waals surface area contributed by atoms with Crippen LogP contribution in [-0.4, -0.2) is 39.9 Å². The number of carbonyl (C=O) groups excluding carboxylic acids is 1. The maximum Gasteiger partial charge on any atom is 0.254 e. The Hall–Kier alpha value is -2.79. The largest absolute Gasteiger partial charge is 0.339 e. The van der Waals surface area contributed by atoms with Gasteiger partial charge in [0.05, 0.1) is 16.8 Å². The molecule has 1 aromatic carbocycles. The first-order valence-corrected chi connectivity index (χ1v) is 9.48. The van der Waals surface area contributed by atoms with Gasteiger partial charge in [-0.25, -0.2) is 4.98 Å². The summed E-state index contributed by atoms with van der Waals surface area (Å²) in [5.74, 6) is 0.566. The molecule has 1 amide bonds. The number of hydrogen-bond donors (Lipinski definition) is 1. The van der Waals surface area contributed by atoms with Crippen LogP contribution in [0, 0.1) is 5.92 Å². The Bertz CT molecular complexity index is 947. The summed E-state index contributed by atoms with van der Waals surface area (Å²) >= 11 is 0. The quantitative estimate of drug-likeness (QED) is 0.776. The first kappa shape index (κ1) is 17.6. The van der Waals surface area contributed by atoms with E-state index in [1.54, 1.807) is 12.4 Å². The molecule has 3 heterocycles. The molecule has 1 saturated heterocycles. The van der Waals surface area contributed by atoms with Crippen LogP contribution < -0.4 is 5.73 Å². The molecule has 5 heteroatoms. The van der Waals surface area contributed by atoms with Crippen LogP contribution in [0.5, 0.6) is 0 Å². The molecule has 5 nitrogen and oxygen atoms in total. The fraction of sp³-hybridized carbons (Fsp3) is 0.318. The minimum absolute atomic E-state index is 0.0712. The monoisotopic (exact) mass is 360 g/mol. The molecular weight excluding hydrogens is 336 g/mol. The van der Waals surface area contributed by atoms with Crippen LogP contribution in [0.25, 0.3) is 22.2 Å². The molecule has 0 saturated carbocycles. The third-order valence-corrected chi connectivity index (χ3v) is 5.47. The number of aromatic nitrogens is 2. The van der Waals surface area contributed by atoms with Gasteiger partial charge in [0.15, 0.2) is 0 Å². The van der Waals surface area contributed by atoms with Crippen LogP contribution in [0.1, 0.15) is 30.1 Å². The Morgan fingerprint density at radius 2 is 1.96 bits per heavy atom. The SMILES string of the molecule is CC(N)C1CCN(C(=O)c2cc(-c3cccnc3)nc3ccccc23)CC1. The van der Waals surface area contributed by atoms with Crippen molar-refractivity contribution < 1.29 is 4.79 Å². The van der Waals surface area contributed by atoms with Gasteiger partial charge in [0.1, 0.15) is 0 Å². The Labute approximate surface area is 159 Å². The molecule has 2 N–H and O–H groups in total. The number of pyridine rings is 2. The number of nitrogens with two attached hydrogens (primary N) is 1. The zero-order valence-electron chi connectivity index (χ0n) is 15.5. The van der Waals surface area contributed by atoms with Crippen molar-refractivity contribution in [3.63, 3.8) is 0 Å². The van der Waals surface area contributed by atoms with Crippen molar-refractivity contribution in [2.75, 3.05) is 13.1 Å². The summed E-state index contributed by atoms with van der Waals surface area (Å²) in [6.07, 6.45) is 5.43. The first-order chi connectivity index (χ1) is 13.1. The van der Waals surface area contributed by atoms with E-state index in [0.717, 1.165) is 48.1 Å². The van der Waals surface area contributed by atoms with Crippen LogP contribution in [0.15, 0.2) is 54.9 Å². The molecule has 1 atom stereocenters. The van der Waals surface area contributed by atoms with Gasteiger partial charge in [0.25, 0.3) is 5.91 Å². The van der Waals surface area contributed by atoms with E-state index in [1.165, 1.54) is 0 Å². The van der Waals surface area contributed by atoms with Crippen molar-refractivity contribution in [2.45, 2.75) is 25.8 Å². The molecule has 1 fully saturated rings. The van der Waals surface area contributed by atoms with Crippen molar-refractivity contribution in [3.8, 4) is 11.3 Å². The maximum atomic E-state index is 13.3. The number of rotatable bonds is 3. The van der Waals surface area contributed by atoms with Gasteiger partial charge in [-0.15, -0.1) is 0 Å². The molecule has 1 aliphatic heterocycles. The Kier molecular flexibility index (Phi) is 4.86. The topological polar surface area (TPSA) is 72.1 Å². The van der Waals surface area contributed by atoms with Crippen molar-refractivity contribution in [3.05, 3.63) is 60.4 Å². The van der Waals surface area contributed by atoms with Crippen LogP contribution in [0.2, 0.25) is 0 Å². The number of para-hydroxylation sites is 1. The minimum atomic E-state index is 0.0712. The van der Waals surface area contributed by atoms with Crippen molar-refractivity contribution in [1.82, 2.24) is 14.9 Å². The Morgan fingerprint density at radius 1 is 1.19 bits per heavy atom. The second kappa shape index (κ2) is 7.45. The summed E-state index contributed by atoms with van der Waals surface area (Å²) in [6, 6.07) is 13.8. The molecule has 2 aromatic heterocycles. The number of hydrogen-bond acceptors (Lipinski definition) is 4. The number of benzene rings is 1. The smallest absolute Gasteiger partial charge is 0.254 e. The normalized spacial score (nSPS) is 16.4. The van der Waals surface area contributed by atoms with Crippen LogP contribution >= 0.6 is 0 Å². The number of carbonyl (C=O) groups is 1. The fourth-order valence-electron chi connectivity index (χ4n) is 3.81. The van der Waals surface area contributed by atoms with Crippen LogP contribution in [0.3, 0.4) is 0 Å².